The lowest BCUT2D eigenvalue weighted by molar-refractivity contribution is 0.0731. The molecule has 1 heterocycles. The average Bonchev–Trinajstić information content (AvgIpc) is 2.66. The SMILES string of the molecule is COc1cc(OC)c(C(=O)Oc2ccc3c(C)cc(=O)oc3c2)cc1OC. The number of rotatable bonds is 5. The van der Waals surface area contributed by atoms with Gasteiger partial charge < -0.3 is 23.4 Å². The van der Waals surface area contributed by atoms with Crippen LogP contribution in [0.25, 0.3) is 11.0 Å². The first kappa shape index (κ1) is 18.3. The van der Waals surface area contributed by atoms with Crippen LogP contribution in [0, 0.1) is 6.92 Å². The first-order valence-electron chi connectivity index (χ1n) is 8.03. The fourth-order valence-corrected chi connectivity index (χ4v) is 2.72. The van der Waals surface area contributed by atoms with E-state index in [0.717, 1.165) is 10.9 Å². The molecule has 27 heavy (non-hydrogen) atoms. The topological polar surface area (TPSA) is 84.2 Å². The highest BCUT2D eigenvalue weighted by atomic mass is 16.5. The molecule has 0 amide bonds. The number of hydrogen-bond acceptors (Lipinski definition) is 7. The Bertz CT molecular complexity index is 1070. The van der Waals surface area contributed by atoms with Crippen molar-refractivity contribution >= 4 is 16.9 Å². The lowest BCUT2D eigenvalue weighted by atomic mass is 10.1. The van der Waals surface area contributed by atoms with Crippen LogP contribution >= 0.6 is 0 Å². The van der Waals surface area contributed by atoms with Crippen LogP contribution in [-0.2, 0) is 0 Å². The zero-order valence-corrected chi connectivity index (χ0v) is 15.3. The highest BCUT2D eigenvalue weighted by Crippen LogP contribution is 2.35. The monoisotopic (exact) mass is 370 g/mol. The molecule has 2 aromatic carbocycles. The molecule has 1 aromatic heterocycles. The van der Waals surface area contributed by atoms with Gasteiger partial charge >= 0.3 is 11.6 Å². The van der Waals surface area contributed by atoms with Gasteiger partial charge in [0.05, 0.1) is 21.3 Å². The Morgan fingerprint density at radius 1 is 0.889 bits per heavy atom. The summed E-state index contributed by atoms with van der Waals surface area (Å²) < 4.78 is 26.3. The minimum absolute atomic E-state index is 0.168. The Labute approximate surface area is 155 Å². The van der Waals surface area contributed by atoms with Crippen LogP contribution in [0.5, 0.6) is 23.0 Å². The number of fused-ring (bicyclic) bond motifs is 1. The molecule has 0 bridgehead atoms. The third-order valence-electron chi connectivity index (χ3n) is 4.06. The van der Waals surface area contributed by atoms with Crippen LogP contribution in [0.15, 0.2) is 45.6 Å². The molecule has 0 spiro atoms. The molecule has 3 aromatic rings. The maximum Gasteiger partial charge on any atom is 0.347 e. The van der Waals surface area contributed by atoms with E-state index >= 15 is 0 Å². The van der Waals surface area contributed by atoms with Crippen molar-refractivity contribution in [3.8, 4) is 23.0 Å². The van der Waals surface area contributed by atoms with Crippen molar-refractivity contribution in [2.45, 2.75) is 6.92 Å². The molecule has 0 fully saturated rings. The van der Waals surface area contributed by atoms with Crippen LogP contribution in [0.3, 0.4) is 0 Å². The minimum atomic E-state index is -0.651. The van der Waals surface area contributed by atoms with Gasteiger partial charge in [-0.25, -0.2) is 9.59 Å². The molecule has 0 saturated carbocycles. The number of hydrogen-bond donors (Lipinski definition) is 0. The molecule has 7 heteroatoms. The fourth-order valence-electron chi connectivity index (χ4n) is 2.72. The predicted molar refractivity (Wildman–Crippen MR) is 98.3 cm³/mol. The second-order valence-electron chi connectivity index (χ2n) is 5.70. The maximum absolute atomic E-state index is 12.6. The van der Waals surface area contributed by atoms with Crippen molar-refractivity contribution in [3.05, 3.63) is 57.9 Å². The number of ether oxygens (including phenoxy) is 4. The van der Waals surface area contributed by atoms with Crippen molar-refractivity contribution in [2.24, 2.45) is 0 Å². The van der Waals surface area contributed by atoms with E-state index in [-0.39, 0.29) is 17.1 Å². The van der Waals surface area contributed by atoms with E-state index in [1.807, 2.05) is 0 Å². The van der Waals surface area contributed by atoms with Gasteiger partial charge in [-0.1, -0.05) is 0 Å². The highest BCUT2D eigenvalue weighted by molar-refractivity contribution is 5.95. The van der Waals surface area contributed by atoms with Crippen LogP contribution in [0.2, 0.25) is 0 Å². The Balaban J connectivity index is 1.98. The normalized spacial score (nSPS) is 10.5. The maximum atomic E-state index is 12.6. The average molecular weight is 370 g/mol. The fraction of sp³-hybridized carbons (Fsp3) is 0.200. The molecule has 3 rings (SSSR count). The molecule has 0 radical (unpaired) electrons. The van der Waals surface area contributed by atoms with E-state index in [1.54, 1.807) is 19.1 Å². The van der Waals surface area contributed by atoms with Crippen molar-refractivity contribution < 1.29 is 28.2 Å². The number of carbonyl (C=O) groups excluding carboxylic acids is 1. The van der Waals surface area contributed by atoms with Gasteiger partial charge in [0, 0.05) is 29.7 Å². The summed E-state index contributed by atoms with van der Waals surface area (Å²) in [5.41, 5.74) is 0.816. The van der Waals surface area contributed by atoms with E-state index in [9.17, 15) is 9.59 Å². The van der Waals surface area contributed by atoms with Gasteiger partial charge in [0.15, 0.2) is 11.5 Å². The lowest BCUT2D eigenvalue weighted by Gasteiger charge is -2.13. The van der Waals surface area contributed by atoms with Gasteiger partial charge in [-0.05, 0) is 24.6 Å². The molecule has 7 nitrogen and oxygen atoms in total. The van der Waals surface area contributed by atoms with Gasteiger partial charge in [0.25, 0.3) is 0 Å². The van der Waals surface area contributed by atoms with Crippen LogP contribution < -0.4 is 24.6 Å². The van der Waals surface area contributed by atoms with Crippen molar-refractivity contribution in [3.63, 3.8) is 0 Å². The number of aryl methyl sites for hydroxylation is 1. The minimum Gasteiger partial charge on any atom is -0.496 e. The van der Waals surface area contributed by atoms with Gasteiger partial charge in [-0.15, -0.1) is 0 Å². The second kappa shape index (κ2) is 7.41. The standard InChI is InChI=1S/C20H18O7/c1-11-7-19(21)27-16-8-12(5-6-13(11)16)26-20(22)14-9-17(24-3)18(25-4)10-15(14)23-2/h5-10H,1-4H3. The first-order chi connectivity index (χ1) is 13.0. The molecule has 0 aliphatic rings. The largest absolute Gasteiger partial charge is 0.496 e. The number of esters is 1. The third-order valence-corrected chi connectivity index (χ3v) is 4.06. The summed E-state index contributed by atoms with van der Waals surface area (Å²) >= 11 is 0. The van der Waals surface area contributed by atoms with Crippen molar-refractivity contribution in [2.75, 3.05) is 21.3 Å². The smallest absolute Gasteiger partial charge is 0.347 e. The summed E-state index contributed by atoms with van der Waals surface area (Å²) in [6.45, 7) is 1.80. The van der Waals surface area contributed by atoms with Crippen LogP contribution in [0.4, 0.5) is 0 Å². The quantitative estimate of drug-likeness (QED) is 0.387. The summed E-state index contributed by atoms with van der Waals surface area (Å²) in [6.07, 6.45) is 0. The molecule has 0 aliphatic carbocycles. The van der Waals surface area contributed by atoms with Gasteiger partial charge in [0.1, 0.15) is 22.6 Å². The van der Waals surface area contributed by atoms with Gasteiger partial charge in [-0.2, -0.15) is 0 Å². The third kappa shape index (κ3) is 3.57. The van der Waals surface area contributed by atoms with Crippen molar-refractivity contribution in [1.29, 1.82) is 0 Å². The number of carbonyl (C=O) groups is 1. The molecule has 0 aliphatic heterocycles. The summed E-state index contributed by atoms with van der Waals surface area (Å²) in [5.74, 6) is 0.653. The molecular formula is C20H18O7. The molecule has 0 N–H and O–H groups in total. The molecule has 0 unspecified atom stereocenters. The number of methoxy groups -OCH3 is 3. The van der Waals surface area contributed by atoms with E-state index in [1.165, 1.54) is 45.6 Å². The predicted octanol–water partition coefficient (Wildman–Crippen LogP) is 3.35. The zero-order chi connectivity index (χ0) is 19.6. The molecule has 0 saturated heterocycles. The molecule has 140 valence electrons. The Hall–Kier alpha value is -3.48. The highest BCUT2D eigenvalue weighted by Gasteiger charge is 2.20. The van der Waals surface area contributed by atoms with Crippen LogP contribution in [0.1, 0.15) is 15.9 Å². The van der Waals surface area contributed by atoms with E-state index in [2.05, 4.69) is 0 Å². The van der Waals surface area contributed by atoms with Gasteiger partial charge in [0.2, 0.25) is 0 Å². The van der Waals surface area contributed by atoms with E-state index in [0.29, 0.717) is 17.1 Å². The Morgan fingerprint density at radius 3 is 2.22 bits per heavy atom. The number of benzene rings is 2. The summed E-state index contributed by atoms with van der Waals surface area (Å²) in [5, 5.41) is 0.762. The van der Waals surface area contributed by atoms with Crippen LogP contribution in [-0.4, -0.2) is 27.3 Å². The Kier molecular flexibility index (Phi) is 5.03. The van der Waals surface area contributed by atoms with Gasteiger partial charge in [-0.3, -0.25) is 0 Å². The summed E-state index contributed by atoms with van der Waals surface area (Å²) in [6, 6.07) is 9.27. The second-order valence-corrected chi connectivity index (χ2v) is 5.70. The zero-order valence-electron chi connectivity index (χ0n) is 15.3. The van der Waals surface area contributed by atoms with E-state index < -0.39 is 11.6 Å². The Morgan fingerprint density at radius 2 is 1.56 bits per heavy atom. The summed E-state index contributed by atoms with van der Waals surface area (Å²) in [4.78, 5) is 24.2. The lowest BCUT2D eigenvalue weighted by Crippen LogP contribution is -2.11. The molecular weight excluding hydrogens is 352 g/mol. The first-order valence-corrected chi connectivity index (χ1v) is 8.03. The van der Waals surface area contributed by atoms with E-state index in [4.69, 9.17) is 23.4 Å². The molecule has 0 atom stereocenters. The summed E-state index contributed by atoms with van der Waals surface area (Å²) in [7, 11) is 4.39. The van der Waals surface area contributed by atoms with Crippen molar-refractivity contribution in [1.82, 2.24) is 0 Å².